The number of nitrogens with one attached hydrogen (secondary N) is 1. The van der Waals surface area contributed by atoms with Crippen molar-refractivity contribution in [3.05, 3.63) is 0 Å². The summed E-state index contributed by atoms with van der Waals surface area (Å²) in [5.41, 5.74) is 0. The fourth-order valence-electron chi connectivity index (χ4n) is 1.97. The molecule has 4 atom stereocenters. The van der Waals surface area contributed by atoms with Crippen molar-refractivity contribution in [2.45, 2.75) is 52.0 Å². The minimum absolute atomic E-state index is 0.689. The first-order valence-electron chi connectivity index (χ1n) is 7.08. The molecule has 0 aliphatic carbocycles. The van der Waals surface area contributed by atoms with E-state index in [9.17, 15) is 29.1 Å². The molecule has 0 heterocycles. The SMILES string of the molecule is CC(=O)N[C@@H](C(=O)Cl)[C@@H](OC(C)=O)[C@H](OC(C)=O)[C@@H](CO)OC(C)=O. The van der Waals surface area contributed by atoms with Gasteiger partial charge in [0, 0.05) is 27.7 Å². The molecule has 0 bridgehead atoms. The predicted molar refractivity (Wildman–Crippen MR) is 82.2 cm³/mol. The van der Waals surface area contributed by atoms with Crippen LogP contribution in [0.4, 0.5) is 0 Å². The molecule has 0 radical (unpaired) electrons. The molecule has 0 saturated carbocycles. The highest BCUT2D eigenvalue weighted by atomic mass is 35.5. The van der Waals surface area contributed by atoms with E-state index in [4.69, 9.17) is 25.8 Å². The van der Waals surface area contributed by atoms with E-state index in [1.807, 2.05) is 0 Å². The Balaban J connectivity index is 5.98. The second-order valence-corrected chi connectivity index (χ2v) is 5.33. The van der Waals surface area contributed by atoms with Crippen molar-refractivity contribution >= 4 is 40.7 Å². The fourth-order valence-corrected chi connectivity index (χ4v) is 2.15. The molecule has 11 heteroatoms. The van der Waals surface area contributed by atoms with Gasteiger partial charge in [0.1, 0.15) is 6.04 Å². The quantitative estimate of drug-likeness (QED) is 0.293. The maximum absolute atomic E-state index is 11.7. The first-order chi connectivity index (χ1) is 11.5. The first kappa shape index (κ1) is 22.8. The van der Waals surface area contributed by atoms with Crippen LogP contribution in [0.15, 0.2) is 0 Å². The molecule has 0 aromatic rings. The smallest absolute Gasteiger partial charge is 0.303 e. The first-order valence-corrected chi connectivity index (χ1v) is 7.46. The number of amides is 1. The van der Waals surface area contributed by atoms with Crippen LogP contribution in [0.3, 0.4) is 0 Å². The lowest BCUT2D eigenvalue weighted by atomic mass is 10.0. The molecule has 0 saturated heterocycles. The summed E-state index contributed by atoms with van der Waals surface area (Å²) in [6.45, 7) is 3.30. The number of hydrogen-bond donors (Lipinski definition) is 2. The van der Waals surface area contributed by atoms with Gasteiger partial charge in [-0.2, -0.15) is 0 Å². The molecule has 2 N–H and O–H groups in total. The average molecular weight is 382 g/mol. The highest BCUT2D eigenvalue weighted by molar-refractivity contribution is 6.65. The molecule has 0 aliphatic heterocycles. The molecule has 25 heavy (non-hydrogen) atoms. The maximum atomic E-state index is 11.7. The van der Waals surface area contributed by atoms with Crippen LogP contribution in [0, 0.1) is 0 Å². The van der Waals surface area contributed by atoms with Crippen molar-refractivity contribution in [2.24, 2.45) is 0 Å². The van der Waals surface area contributed by atoms with Gasteiger partial charge in [0.15, 0.2) is 18.3 Å². The van der Waals surface area contributed by atoms with E-state index in [0.29, 0.717) is 0 Å². The zero-order chi connectivity index (χ0) is 19.7. The van der Waals surface area contributed by atoms with Gasteiger partial charge >= 0.3 is 17.9 Å². The van der Waals surface area contributed by atoms with Crippen molar-refractivity contribution in [1.29, 1.82) is 0 Å². The Morgan fingerprint density at radius 2 is 1.32 bits per heavy atom. The molecule has 0 fully saturated rings. The number of carbonyl (C=O) groups is 5. The predicted octanol–water partition coefficient (Wildman–Crippen LogP) is -0.956. The average Bonchev–Trinajstić information content (AvgIpc) is 2.45. The summed E-state index contributed by atoms with van der Waals surface area (Å²) in [5, 5.41) is 10.5. The van der Waals surface area contributed by atoms with Crippen molar-refractivity contribution < 1.29 is 43.3 Å². The number of aliphatic hydroxyl groups is 1. The normalized spacial score (nSPS) is 15.1. The van der Waals surface area contributed by atoms with Crippen LogP contribution in [-0.2, 0) is 38.2 Å². The van der Waals surface area contributed by atoms with E-state index in [1.54, 1.807) is 0 Å². The number of aliphatic hydroxyl groups excluding tert-OH is 1. The van der Waals surface area contributed by atoms with Gasteiger partial charge in [-0.1, -0.05) is 0 Å². The molecule has 0 unspecified atom stereocenters. The van der Waals surface area contributed by atoms with Crippen LogP contribution in [0.1, 0.15) is 27.7 Å². The van der Waals surface area contributed by atoms with E-state index in [1.165, 1.54) is 0 Å². The second kappa shape index (κ2) is 10.6. The molecule has 0 aromatic carbocycles. The molecule has 0 aromatic heterocycles. The number of rotatable bonds is 9. The van der Waals surface area contributed by atoms with E-state index in [0.717, 1.165) is 27.7 Å². The van der Waals surface area contributed by atoms with Gasteiger partial charge in [-0.25, -0.2) is 0 Å². The van der Waals surface area contributed by atoms with Crippen LogP contribution >= 0.6 is 11.6 Å². The fraction of sp³-hybridized carbons (Fsp3) is 0.643. The van der Waals surface area contributed by atoms with Crippen LogP contribution < -0.4 is 5.32 Å². The number of esters is 3. The summed E-state index contributed by atoms with van der Waals surface area (Å²) in [4.78, 5) is 56.9. The molecule has 142 valence electrons. The van der Waals surface area contributed by atoms with Gasteiger partial charge in [0.25, 0.3) is 0 Å². The van der Waals surface area contributed by atoms with E-state index in [-0.39, 0.29) is 0 Å². The minimum atomic E-state index is -1.65. The zero-order valence-corrected chi connectivity index (χ0v) is 14.9. The van der Waals surface area contributed by atoms with Gasteiger partial charge in [0.2, 0.25) is 11.1 Å². The Morgan fingerprint density at radius 3 is 1.64 bits per heavy atom. The van der Waals surface area contributed by atoms with Crippen molar-refractivity contribution in [3.8, 4) is 0 Å². The van der Waals surface area contributed by atoms with Gasteiger partial charge in [-0.3, -0.25) is 24.0 Å². The Hall–Kier alpha value is -2.20. The summed E-state index contributed by atoms with van der Waals surface area (Å²) in [7, 11) is 0. The molecule has 1 amide bonds. The lowest BCUT2D eigenvalue weighted by Crippen LogP contribution is -2.58. The van der Waals surface area contributed by atoms with Crippen LogP contribution in [-0.4, -0.2) is 65.1 Å². The maximum Gasteiger partial charge on any atom is 0.303 e. The molecule has 0 spiro atoms. The lowest BCUT2D eigenvalue weighted by molar-refractivity contribution is -0.188. The molecular formula is C14H20ClNO9. The van der Waals surface area contributed by atoms with Crippen LogP contribution in [0.2, 0.25) is 0 Å². The Labute approximate surface area is 148 Å². The Morgan fingerprint density at radius 1 is 0.880 bits per heavy atom. The zero-order valence-electron chi connectivity index (χ0n) is 14.1. The van der Waals surface area contributed by atoms with E-state index < -0.39 is 60.0 Å². The third-order valence-electron chi connectivity index (χ3n) is 2.72. The summed E-state index contributed by atoms with van der Waals surface area (Å²) in [5.74, 6) is -3.29. The van der Waals surface area contributed by atoms with Gasteiger partial charge in [0.05, 0.1) is 6.61 Å². The molecule has 0 rings (SSSR count). The van der Waals surface area contributed by atoms with E-state index in [2.05, 4.69) is 5.32 Å². The lowest BCUT2D eigenvalue weighted by Gasteiger charge is -2.34. The van der Waals surface area contributed by atoms with Crippen LogP contribution in [0.25, 0.3) is 0 Å². The third kappa shape index (κ3) is 8.45. The number of ether oxygens (including phenoxy) is 3. The summed E-state index contributed by atoms with van der Waals surface area (Å²) in [6.07, 6.45) is -4.72. The number of halogens is 1. The molecule has 10 nitrogen and oxygen atoms in total. The minimum Gasteiger partial charge on any atom is -0.456 e. The summed E-state index contributed by atoms with van der Waals surface area (Å²) < 4.78 is 14.8. The second-order valence-electron chi connectivity index (χ2n) is 4.96. The monoisotopic (exact) mass is 381 g/mol. The van der Waals surface area contributed by atoms with Crippen molar-refractivity contribution in [3.63, 3.8) is 0 Å². The van der Waals surface area contributed by atoms with Gasteiger partial charge in [-0.05, 0) is 11.6 Å². The summed E-state index contributed by atoms with van der Waals surface area (Å²) in [6, 6.07) is -1.61. The highest BCUT2D eigenvalue weighted by Gasteiger charge is 2.44. The van der Waals surface area contributed by atoms with Crippen molar-refractivity contribution in [1.82, 2.24) is 5.32 Å². The van der Waals surface area contributed by atoms with Crippen molar-refractivity contribution in [2.75, 3.05) is 6.61 Å². The topological polar surface area (TPSA) is 145 Å². The standard InChI is InChI=1S/C14H20ClNO9/c1-6(18)16-11(14(15)22)13(25-9(4)21)12(24-8(3)20)10(5-17)23-7(2)19/h10-13,17H,5H2,1-4H3,(H,16,18)/t10-,11-,12-,13-/m1/s1. The van der Waals surface area contributed by atoms with Crippen LogP contribution in [0.5, 0.6) is 0 Å². The Kier molecular flexibility index (Phi) is 9.69. The highest BCUT2D eigenvalue weighted by Crippen LogP contribution is 2.18. The van der Waals surface area contributed by atoms with E-state index >= 15 is 0 Å². The largest absolute Gasteiger partial charge is 0.456 e. The third-order valence-corrected chi connectivity index (χ3v) is 2.96. The Bertz CT molecular complexity index is 536. The number of hydrogen-bond acceptors (Lipinski definition) is 9. The molecular weight excluding hydrogens is 362 g/mol. The van der Waals surface area contributed by atoms with Gasteiger partial charge in [-0.15, -0.1) is 0 Å². The molecule has 0 aliphatic rings. The van der Waals surface area contributed by atoms with Gasteiger partial charge < -0.3 is 24.6 Å². The number of carbonyl (C=O) groups excluding carboxylic acids is 5. The summed E-state index contributed by atoms with van der Waals surface area (Å²) >= 11 is 5.44.